The number of esters is 1. The topological polar surface area (TPSA) is 55.3 Å². The molecule has 0 spiro atoms. The zero-order chi connectivity index (χ0) is 17.9. The van der Waals surface area contributed by atoms with Crippen LogP contribution in [0.2, 0.25) is 0 Å². The largest absolute Gasteiger partial charge is 1.00 e. The van der Waals surface area contributed by atoms with Crippen LogP contribution in [0.15, 0.2) is 60.2 Å². The third-order valence-electron chi connectivity index (χ3n) is 4.33. The Bertz CT molecular complexity index is 849. The molecule has 0 aliphatic heterocycles. The van der Waals surface area contributed by atoms with E-state index in [2.05, 4.69) is 0 Å². The van der Waals surface area contributed by atoms with Crippen molar-refractivity contribution in [1.82, 2.24) is 4.57 Å². The number of nitrogens with zero attached hydrogens (tertiary/aromatic N) is 2. The molecule has 0 saturated carbocycles. The van der Waals surface area contributed by atoms with E-state index in [-0.39, 0.29) is 23.6 Å². The normalized spacial score (nSPS) is 12.9. The number of ether oxygens (including phenoxy) is 1. The average molecular weight is 437 g/mol. The number of hydrogen-bond acceptors (Lipinski definition) is 4. The van der Waals surface area contributed by atoms with Crippen molar-refractivity contribution in [2.75, 3.05) is 6.61 Å². The summed E-state index contributed by atoms with van der Waals surface area (Å²) in [6.07, 6.45) is 3.88. The van der Waals surface area contributed by atoms with E-state index in [1.807, 2.05) is 53.0 Å². The van der Waals surface area contributed by atoms with Crippen LogP contribution >= 0.6 is 11.3 Å². The van der Waals surface area contributed by atoms with Crippen molar-refractivity contribution in [3.8, 4) is 0 Å². The molecule has 0 saturated heterocycles. The third-order valence-corrected chi connectivity index (χ3v) is 5.31. The second-order valence-electron chi connectivity index (χ2n) is 5.84. The molecule has 138 valence electrons. The molecule has 1 aromatic carbocycles. The molecule has 1 unspecified atom stereocenters. The van der Waals surface area contributed by atoms with Crippen LogP contribution in [-0.2, 0) is 28.7 Å². The Labute approximate surface area is 167 Å². The molecule has 7 heteroatoms. The van der Waals surface area contributed by atoms with E-state index in [4.69, 9.17) is 4.74 Å². The molecule has 1 N–H and O–H groups in total. The van der Waals surface area contributed by atoms with Gasteiger partial charge in [-0.3, -0.25) is 0 Å². The number of thiophene rings is 1. The molecule has 2 aromatic heterocycles. The minimum absolute atomic E-state index is 0. The van der Waals surface area contributed by atoms with E-state index in [1.165, 1.54) is 11.3 Å². The first-order valence-corrected chi connectivity index (χ1v) is 8.92. The lowest BCUT2D eigenvalue weighted by Gasteiger charge is -2.25. The van der Waals surface area contributed by atoms with Gasteiger partial charge in [0.1, 0.15) is 25.5 Å². The van der Waals surface area contributed by atoms with Gasteiger partial charge in [-0.25, -0.2) is 13.9 Å². The van der Waals surface area contributed by atoms with Crippen LogP contribution in [0, 0.1) is 6.92 Å². The molecule has 1 atom stereocenters. The number of hydrogen-bond donors (Lipinski definition) is 1. The second kappa shape index (κ2) is 8.62. The number of imidazole rings is 1. The van der Waals surface area contributed by atoms with Gasteiger partial charge in [0.05, 0.1) is 11.9 Å². The van der Waals surface area contributed by atoms with E-state index >= 15 is 0 Å². The zero-order valence-electron chi connectivity index (χ0n) is 14.6. The highest BCUT2D eigenvalue weighted by atomic mass is 79.9. The summed E-state index contributed by atoms with van der Waals surface area (Å²) in [5.74, 6) is 0.406. The van der Waals surface area contributed by atoms with E-state index in [0.717, 1.165) is 5.82 Å². The molecule has 26 heavy (non-hydrogen) atoms. The van der Waals surface area contributed by atoms with Crippen LogP contribution in [0.25, 0.3) is 0 Å². The smallest absolute Gasteiger partial charge is 0.348 e. The summed E-state index contributed by atoms with van der Waals surface area (Å²) < 4.78 is 9.44. The van der Waals surface area contributed by atoms with Crippen molar-refractivity contribution < 1.29 is 36.2 Å². The van der Waals surface area contributed by atoms with Gasteiger partial charge in [0, 0.05) is 12.5 Å². The Morgan fingerprint density at radius 1 is 1.27 bits per heavy atom. The first-order valence-electron chi connectivity index (χ1n) is 8.04. The molecule has 5 nitrogen and oxygen atoms in total. The summed E-state index contributed by atoms with van der Waals surface area (Å²) in [5, 5.41) is 13.0. The molecular weight excluding hydrogens is 416 g/mol. The number of aliphatic hydroxyl groups is 1. The maximum Gasteiger partial charge on any atom is 0.348 e. The SMILES string of the molecule is Cc1n(CCOC(=O)C(O)(c2ccccc2)c2cccs2)cc[n+]1C.[Br-]. The zero-order valence-corrected chi connectivity index (χ0v) is 17.0. The first kappa shape index (κ1) is 20.4. The highest BCUT2D eigenvalue weighted by Gasteiger charge is 2.42. The van der Waals surface area contributed by atoms with Crippen molar-refractivity contribution in [3.63, 3.8) is 0 Å². The number of halogens is 1. The first-order chi connectivity index (χ1) is 12.0. The van der Waals surface area contributed by atoms with E-state index in [9.17, 15) is 9.90 Å². The molecule has 0 radical (unpaired) electrons. The van der Waals surface area contributed by atoms with Gasteiger partial charge in [0.2, 0.25) is 5.60 Å². The Morgan fingerprint density at radius 2 is 2.00 bits per heavy atom. The number of aromatic nitrogens is 2. The van der Waals surface area contributed by atoms with Crippen LogP contribution in [0.3, 0.4) is 0 Å². The van der Waals surface area contributed by atoms with Gasteiger partial charge in [-0.1, -0.05) is 36.4 Å². The van der Waals surface area contributed by atoms with Crippen molar-refractivity contribution >= 4 is 17.3 Å². The quantitative estimate of drug-likeness (QED) is 0.405. The van der Waals surface area contributed by atoms with Crippen molar-refractivity contribution in [1.29, 1.82) is 0 Å². The lowest BCUT2D eigenvalue weighted by atomic mass is 9.92. The Hall–Kier alpha value is -1.96. The maximum atomic E-state index is 12.8. The number of carbonyl (C=O) groups is 1. The molecule has 0 amide bonds. The van der Waals surface area contributed by atoms with Gasteiger partial charge in [0.25, 0.3) is 5.82 Å². The monoisotopic (exact) mass is 436 g/mol. The second-order valence-corrected chi connectivity index (χ2v) is 6.79. The van der Waals surface area contributed by atoms with Gasteiger partial charge >= 0.3 is 5.97 Å². The highest BCUT2D eigenvalue weighted by molar-refractivity contribution is 7.10. The van der Waals surface area contributed by atoms with E-state index < -0.39 is 11.6 Å². The summed E-state index contributed by atoms with van der Waals surface area (Å²) in [6.45, 7) is 2.72. The van der Waals surface area contributed by atoms with Gasteiger partial charge in [0.15, 0.2) is 0 Å². The van der Waals surface area contributed by atoms with E-state index in [0.29, 0.717) is 17.0 Å². The van der Waals surface area contributed by atoms with Crippen molar-refractivity contribution in [3.05, 3.63) is 76.5 Å². The predicted molar refractivity (Wildman–Crippen MR) is 95.1 cm³/mol. The Balaban J connectivity index is 0.00000243. The van der Waals surface area contributed by atoms with Gasteiger partial charge in [-0.05, 0) is 11.4 Å². The minimum atomic E-state index is -1.79. The molecule has 3 rings (SSSR count). The lowest BCUT2D eigenvalue weighted by molar-refractivity contribution is -0.677. The fraction of sp³-hybridized carbons (Fsp3) is 0.263. The summed E-state index contributed by atoms with van der Waals surface area (Å²) in [6, 6.07) is 12.5. The molecule has 0 aliphatic carbocycles. The fourth-order valence-electron chi connectivity index (χ4n) is 2.70. The lowest BCUT2D eigenvalue weighted by Crippen LogP contribution is -3.00. The fourth-order valence-corrected chi connectivity index (χ4v) is 3.53. The number of aryl methyl sites for hydroxylation is 1. The van der Waals surface area contributed by atoms with Crippen LogP contribution in [0.5, 0.6) is 0 Å². The summed E-state index contributed by atoms with van der Waals surface area (Å²) in [4.78, 5) is 13.3. The Kier molecular flexibility index (Phi) is 6.75. The summed E-state index contributed by atoms with van der Waals surface area (Å²) in [5.41, 5.74) is -1.28. The number of benzene rings is 1. The van der Waals surface area contributed by atoms with Crippen LogP contribution in [0.4, 0.5) is 0 Å². The minimum Gasteiger partial charge on any atom is -1.00 e. The molecule has 0 fully saturated rings. The molecule has 0 aliphatic rings. The van der Waals surface area contributed by atoms with E-state index in [1.54, 1.807) is 30.3 Å². The summed E-state index contributed by atoms with van der Waals surface area (Å²) in [7, 11) is 1.96. The third kappa shape index (κ3) is 3.90. The predicted octanol–water partition coefficient (Wildman–Crippen LogP) is -0.834. The maximum absolute atomic E-state index is 12.8. The standard InChI is InChI=1S/C19H21N2O3S.BrH/c1-15-20(2)10-11-21(15)12-13-24-18(22)19(23,17-9-6-14-25-17)16-7-4-3-5-8-16;/h3-11,14,23H,12-13H2,1-2H3;1H/q+1;/p-1. The van der Waals surface area contributed by atoms with Gasteiger partial charge in [-0.2, -0.15) is 0 Å². The number of carbonyl (C=O) groups excluding carboxylic acids is 1. The van der Waals surface area contributed by atoms with Crippen LogP contribution in [-0.4, -0.2) is 22.2 Å². The van der Waals surface area contributed by atoms with Crippen LogP contribution < -0.4 is 21.5 Å². The summed E-state index contributed by atoms with van der Waals surface area (Å²) >= 11 is 1.33. The molecule has 0 bridgehead atoms. The highest BCUT2D eigenvalue weighted by Crippen LogP contribution is 2.34. The van der Waals surface area contributed by atoms with Crippen LogP contribution in [0.1, 0.15) is 16.3 Å². The molecule has 3 aromatic rings. The Morgan fingerprint density at radius 3 is 2.58 bits per heavy atom. The van der Waals surface area contributed by atoms with Gasteiger partial charge in [-0.15, -0.1) is 11.3 Å². The van der Waals surface area contributed by atoms with Gasteiger partial charge < -0.3 is 26.8 Å². The number of rotatable bonds is 6. The molecular formula is C19H21BrN2O3S. The van der Waals surface area contributed by atoms with Crippen molar-refractivity contribution in [2.24, 2.45) is 7.05 Å². The molecule has 2 heterocycles. The average Bonchev–Trinajstić information content (AvgIpc) is 3.28. The van der Waals surface area contributed by atoms with Crippen molar-refractivity contribution in [2.45, 2.75) is 19.1 Å².